The number of carbonyl (C=O) groups excluding carboxylic acids is 3. The smallest absolute Gasteiger partial charge is 0.254 e. The summed E-state index contributed by atoms with van der Waals surface area (Å²) in [6, 6.07) is 21.7. The summed E-state index contributed by atoms with van der Waals surface area (Å²) in [6.07, 6.45) is 1.48. The number of carbonyl (C=O) groups is 3. The first-order valence-corrected chi connectivity index (χ1v) is 11.3. The summed E-state index contributed by atoms with van der Waals surface area (Å²) >= 11 is 0. The molecule has 0 radical (unpaired) electrons. The molecule has 5 heteroatoms. The zero-order chi connectivity index (χ0) is 23.0. The van der Waals surface area contributed by atoms with Gasteiger partial charge in [-0.05, 0) is 25.1 Å². The Labute approximate surface area is 193 Å². The van der Waals surface area contributed by atoms with Crippen molar-refractivity contribution in [3.8, 4) is 5.75 Å². The molecule has 33 heavy (non-hydrogen) atoms. The molecule has 0 saturated carbocycles. The summed E-state index contributed by atoms with van der Waals surface area (Å²) < 4.78 is 6.33. The van der Waals surface area contributed by atoms with E-state index in [9.17, 15) is 14.4 Å². The van der Waals surface area contributed by atoms with Gasteiger partial charge in [0.05, 0.1) is 17.5 Å². The topological polar surface area (TPSA) is 63.7 Å². The van der Waals surface area contributed by atoms with E-state index in [4.69, 9.17) is 4.74 Å². The maximum Gasteiger partial charge on any atom is 0.254 e. The minimum atomic E-state index is -0.574. The van der Waals surface area contributed by atoms with Gasteiger partial charge in [-0.25, -0.2) is 0 Å². The second kappa shape index (κ2) is 8.32. The van der Waals surface area contributed by atoms with Crippen molar-refractivity contribution in [1.29, 1.82) is 0 Å². The molecule has 0 N–H and O–H groups in total. The van der Waals surface area contributed by atoms with Crippen LogP contribution >= 0.6 is 0 Å². The summed E-state index contributed by atoms with van der Waals surface area (Å²) in [7, 11) is 0. The van der Waals surface area contributed by atoms with Gasteiger partial charge in [-0.15, -0.1) is 0 Å². The van der Waals surface area contributed by atoms with Gasteiger partial charge >= 0.3 is 0 Å². The first-order chi connectivity index (χ1) is 16.0. The number of hydrogen-bond acceptors (Lipinski definition) is 4. The monoisotopic (exact) mass is 439 g/mol. The van der Waals surface area contributed by atoms with Crippen molar-refractivity contribution in [2.75, 3.05) is 13.1 Å². The molecule has 0 aliphatic carbocycles. The molecule has 3 aromatic carbocycles. The van der Waals surface area contributed by atoms with E-state index >= 15 is 0 Å². The summed E-state index contributed by atoms with van der Waals surface area (Å²) in [5.41, 5.74) is 2.47. The predicted octanol–water partition coefficient (Wildman–Crippen LogP) is 4.87. The van der Waals surface area contributed by atoms with Gasteiger partial charge in [-0.1, -0.05) is 60.2 Å². The van der Waals surface area contributed by atoms with Gasteiger partial charge in [-0.3, -0.25) is 14.4 Å². The van der Waals surface area contributed by atoms with Crippen LogP contribution in [0.4, 0.5) is 0 Å². The van der Waals surface area contributed by atoms with Crippen molar-refractivity contribution in [1.82, 2.24) is 4.90 Å². The van der Waals surface area contributed by atoms with E-state index < -0.39 is 5.60 Å². The number of ketones is 2. The van der Waals surface area contributed by atoms with Gasteiger partial charge in [0.2, 0.25) is 0 Å². The Morgan fingerprint density at radius 1 is 0.879 bits per heavy atom. The Morgan fingerprint density at radius 2 is 1.55 bits per heavy atom. The van der Waals surface area contributed by atoms with Crippen LogP contribution in [-0.4, -0.2) is 41.1 Å². The molecule has 0 bridgehead atoms. The third-order valence-corrected chi connectivity index (χ3v) is 6.64. The SMILES string of the molecule is Cc1ccc2c(c1)C(=O)CC1(CCN(C(=O)c3ccccc3C(=O)c3ccccc3)CC1)O2. The lowest BCUT2D eigenvalue weighted by Crippen LogP contribution is -2.52. The quantitative estimate of drug-likeness (QED) is 0.547. The van der Waals surface area contributed by atoms with Crippen LogP contribution in [0.1, 0.15) is 61.5 Å². The molecule has 2 aliphatic rings. The second-order valence-corrected chi connectivity index (χ2v) is 8.92. The average Bonchev–Trinajstić information content (AvgIpc) is 2.85. The van der Waals surface area contributed by atoms with Gasteiger partial charge in [0, 0.05) is 37.1 Å². The number of likely N-dealkylation sites (tertiary alicyclic amines) is 1. The summed E-state index contributed by atoms with van der Waals surface area (Å²) in [6.45, 7) is 2.91. The number of amides is 1. The number of rotatable bonds is 3. The number of ether oxygens (including phenoxy) is 1. The molecule has 3 aromatic rings. The molecule has 1 fully saturated rings. The molecular formula is C28H25NO4. The highest BCUT2D eigenvalue weighted by atomic mass is 16.5. The van der Waals surface area contributed by atoms with Crippen LogP contribution in [0, 0.1) is 6.92 Å². The molecule has 1 spiro atoms. The fourth-order valence-electron chi connectivity index (χ4n) is 4.79. The lowest BCUT2D eigenvalue weighted by molar-refractivity contribution is -0.00576. The third kappa shape index (κ3) is 3.95. The fourth-order valence-corrected chi connectivity index (χ4v) is 4.79. The average molecular weight is 440 g/mol. The summed E-state index contributed by atoms with van der Waals surface area (Å²) in [5.74, 6) is 0.401. The lowest BCUT2D eigenvalue weighted by atomic mass is 9.82. The molecule has 5 rings (SSSR count). The van der Waals surface area contributed by atoms with Crippen LogP contribution in [0.5, 0.6) is 5.75 Å². The van der Waals surface area contributed by atoms with Crippen LogP contribution in [0.2, 0.25) is 0 Å². The molecule has 2 heterocycles. The van der Waals surface area contributed by atoms with Crippen molar-refractivity contribution in [3.63, 3.8) is 0 Å². The molecular weight excluding hydrogens is 414 g/mol. The number of aryl methyl sites for hydroxylation is 1. The number of benzene rings is 3. The highest BCUT2D eigenvalue weighted by molar-refractivity contribution is 6.15. The molecule has 1 saturated heterocycles. The van der Waals surface area contributed by atoms with Gasteiger partial charge in [0.15, 0.2) is 11.6 Å². The van der Waals surface area contributed by atoms with Crippen LogP contribution in [0.15, 0.2) is 72.8 Å². The number of nitrogens with zero attached hydrogens (tertiary/aromatic N) is 1. The molecule has 0 unspecified atom stereocenters. The summed E-state index contributed by atoms with van der Waals surface area (Å²) in [5, 5.41) is 0. The predicted molar refractivity (Wildman–Crippen MR) is 125 cm³/mol. The van der Waals surface area contributed by atoms with Gasteiger partial charge in [0.25, 0.3) is 5.91 Å². The molecule has 166 valence electrons. The highest BCUT2D eigenvalue weighted by Gasteiger charge is 2.44. The minimum Gasteiger partial charge on any atom is -0.486 e. The van der Waals surface area contributed by atoms with E-state index in [1.807, 2.05) is 43.3 Å². The Bertz CT molecular complexity index is 1240. The van der Waals surface area contributed by atoms with Crippen LogP contribution in [0.3, 0.4) is 0 Å². The largest absolute Gasteiger partial charge is 0.486 e. The molecule has 5 nitrogen and oxygen atoms in total. The first kappa shape index (κ1) is 21.1. The Hall–Kier alpha value is -3.73. The van der Waals surface area contributed by atoms with E-state index in [0.29, 0.717) is 60.4 Å². The number of fused-ring (bicyclic) bond motifs is 1. The number of hydrogen-bond donors (Lipinski definition) is 0. The number of Topliss-reactive ketones (excluding diaryl/α,β-unsaturated/α-hetero) is 1. The Morgan fingerprint density at radius 3 is 2.27 bits per heavy atom. The van der Waals surface area contributed by atoms with Crippen LogP contribution in [-0.2, 0) is 0 Å². The zero-order valence-electron chi connectivity index (χ0n) is 18.5. The fraction of sp³-hybridized carbons (Fsp3) is 0.250. The van der Waals surface area contributed by atoms with Gasteiger partial charge < -0.3 is 9.64 Å². The van der Waals surface area contributed by atoms with E-state index in [1.54, 1.807) is 41.3 Å². The lowest BCUT2D eigenvalue weighted by Gasteiger charge is -2.44. The van der Waals surface area contributed by atoms with Crippen molar-refractivity contribution in [2.45, 2.75) is 31.8 Å². The van der Waals surface area contributed by atoms with Gasteiger partial charge in [-0.2, -0.15) is 0 Å². The van der Waals surface area contributed by atoms with Crippen LogP contribution < -0.4 is 4.74 Å². The van der Waals surface area contributed by atoms with Crippen molar-refractivity contribution in [2.24, 2.45) is 0 Å². The van der Waals surface area contributed by atoms with E-state index in [-0.39, 0.29) is 17.5 Å². The maximum absolute atomic E-state index is 13.4. The van der Waals surface area contributed by atoms with Crippen LogP contribution in [0.25, 0.3) is 0 Å². The van der Waals surface area contributed by atoms with Gasteiger partial charge in [0.1, 0.15) is 11.4 Å². The number of piperidine rings is 1. The maximum atomic E-state index is 13.4. The molecule has 2 aliphatic heterocycles. The second-order valence-electron chi connectivity index (χ2n) is 8.92. The minimum absolute atomic E-state index is 0.0959. The molecule has 0 atom stereocenters. The van der Waals surface area contributed by atoms with E-state index in [0.717, 1.165) is 5.56 Å². The normalized spacial score (nSPS) is 16.8. The summed E-state index contributed by atoms with van der Waals surface area (Å²) in [4.78, 5) is 41.0. The zero-order valence-corrected chi connectivity index (χ0v) is 18.5. The van der Waals surface area contributed by atoms with E-state index in [2.05, 4.69) is 0 Å². The first-order valence-electron chi connectivity index (χ1n) is 11.3. The third-order valence-electron chi connectivity index (χ3n) is 6.64. The molecule has 0 aromatic heterocycles. The molecule has 1 amide bonds. The standard InChI is InChI=1S/C28H25NO4/c1-19-11-12-25-23(17-19)24(30)18-28(33-25)13-15-29(16-14-28)27(32)22-10-6-5-9-21(22)26(31)20-7-3-2-4-8-20/h2-12,17H,13-16,18H2,1H3. The Kier molecular flexibility index (Phi) is 5.33. The highest BCUT2D eigenvalue weighted by Crippen LogP contribution is 2.40. The Balaban J connectivity index is 1.34. The van der Waals surface area contributed by atoms with Crippen molar-refractivity contribution < 1.29 is 19.1 Å². The van der Waals surface area contributed by atoms with E-state index in [1.165, 1.54) is 0 Å². The van der Waals surface area contributed by atoms with Crippen molar-refractivity contribution in [3.05, 3.63) is 101 Å². The van der Waals surface area contributed by atoms with Crippen molar-refractivity contribution >= 4 is 17.5 Å².